The molecule has 0 unspecified atom stereocenters. The molecule has 1 amide bonds. The van der Waals surface area contributed by atoms with E-state index in [-0.39, 0.29) is 13.2 Å². The zero-order valence-corrected chi connectivity index (χ0v) is 9.36. The number of ether oxygens (including phenoxy) is 2. The van der Waals surface area contributed by atoms with Crippen molar-refractivity contribution in [2.24, 2.45) is 0 Å². The highest BCUT2D eigenvalue weighted by atomic mass is 16.6. The van der Waals surface area contributed by atoms with Crippen LogP contribution in [0.4, 0.5) is 4.79 Å². The molecule has 0 spiro atoms. The minimum atomic E-state index is -0.496. The standard InChI is InChI=1S/C9H20N2O4/c1-11(5-7-14-2)4-3-10-9(13)15-8-6-12/h12H,3-8H2,1-2H3,(H,10,13). The monoisotopic (exact) mass is 220 g/mol. The van der Waals surface area contributed by atoms with E-state index >= 15 is 0 Å². The summed E-state index contributed by atoms with van der Waals surface area (Å²) in [5.74, 6) is 0. The second-order valence-electron chi connectivity index (χ2n) is 3.08. The summed E-state index contributed by atoms with van der Waals surface area (Å²) in [6.45, 7) is 2.63. The first-order valence-corrected chi connectivity index (χ1v) is 4.89. The lowest BCUT2D eigenvalue weighted by atomic mass is 10.5. The Bertz CT molecular complexity index is 166. The molecule has 6 nitrogen and oxygen atoms in total. The molecule has 0 bridgehead atoms. The predicted octanol–water partition coefficient (Wildman–Crippen LogP) is -0.717. The number of hydrogen-bond acceptors (Lipinski definition) is 5. The van der Waals surface area contributed by atoms with Crippen LogP contribution in [0, 0.1) is 0 Å². The Morgan fingerprint density at radius 1 is 1.40 bits per heavy atom. The van der Waals surface area contributed by atoms with Gasteiger partial charge in [0.2, 0.25) is 0 Å². The summed E-state index contributed by atoms with van der Waals surface area (Å²) in [5, 5.41) is 11.0. The van der Waals surface area contributed by atoms with Gasteiger partial charge in [0.25, 0.3) is 0 Å². The van der Waals surface area contributed by atoms with Gasteiger partial charge in [-0.3, -0.25) is 0 Å². The highest BCUT2D eigenvalue weighted by Gasteiger charge is 2.01. The van der Waals surface area contributed by atoms with Gasteiger partial charge in [0.1, 0.15) is 6.61 Å². The summed E-state index contributed by atoms with van der Waals surface area (Å²) >= 11 is 0. The number of hydrogen-bond donors (Lipinski definition) is 2. The molecule has 0 heterocycles. The zero-order chi connectivity index (χ0) is 11.5. The Morgan fingerprint density at radius 3 is 2.73 bits per heavy atom. The van der Waals surface area contributed by atoms with E-state index in [2.05, 4.69) is 10.1 Å². The maximum Gasteiger partial charge on any atom is 0.407 e. The summed E-state index contributed by atoms with van der Waals surface area (Å²) in [4.78, 5) is 12.9. The number of amides is 1. The van der Waals surface area contributed by atoms with Gasteiger partial charge in [-0.15, -0.1) is 0 Å². The van der Waals surface area contributed by atoms with E-state index in [1.54, 1.807) is 7.11 Å². The minimum Gasteiger partial charge on any atom is -0.447 e. The van der Waals surface area contributed by atoms with Crippen molar-refractivity contribution in [1.29, 1.82) is 0 Å². The molecule has 6 heteroatoms. The van der Waals surface area contributed by atoms with Crippen LogP contribution in [-0.2, 0) is 9.47 Å². The lowest BCUT2D eigenvalue weighted by Gasteiger charge is -2.15. The highest BCUT2D eigenvalue weighted by Crippen LogP contribution is 1.82. The molecule has 90 valence electrons. The summed E-state index contributed by atoms with van der Waals surface area (Å²) in [7, 11) is 3.60. The molecule has 0 radical (unpaired) electrons. The number of nitrogens with one attached hydrogen (secondary N) is 1. The molecule has 0 aromatic carbocycles. The third kappa shape index (κ3) is 9.45. The number of aliphatic hydroxyl groups is 1. The molecule has 2 N–H and O–H groups in total. The number of likely N-dealkylation sites (N-methyl/N-ethyl adjacent to an activating group) is 1. The Kier molecular flexibility index (Phi) is 9.15. The van der Waals surface area contributed by atoms with Crippen molar-refractivity contribution in [3.63, 3.8) is 0 Å². The summed E-state index contributed by atoms with van der Waals surface area (Å²) in [6.07, 6.45) is -0.496. The maximum absolute atomic E-state index is 10.9. The van der Waals surface area contributed by atoms with Gasteiger partial charge in [0.15, 0.2) is 0 Å². The van der Waals surface area contributed by atoms with Crippen molar-refractivity contribution in [2.75, 3.05) is 53.6 Å². The molecule has 0 aromatic heterocycles. The average Bonchev–Trinajstić information content (AvgIpc) is 2.23. The smallest absolute Gasteiger partial charge is 0.407 e. The molecule has 0 aliphatic carbocycles. The van der Waals surface area contributed by atoms with Crippen LogP contribution < -0.4 is 5.32 Å². The number of nitrogens with zero attached hydrogens (tertiary/aromatic N) is 1. The van der Waals surface area contributed by atoms with Gasteiger partial charge in [0, 0.05) is 26.7 Å². The number of alkyl carbamates (subject to hydrolysis) is 1. The molecule has 0 saturated carbocycles. The lowest BCUT2D eigenvalue weighted by Crippen LogP contribution is -2.34. The van der Waals surface area contributed by atoms with Crippen LogP contribution in [0.2, 0.25) is 0 Å². The third-order valence-corrected chi connectivity index (χ3v) is 1.76. The van der Waals surface area contributed by atoms with E-state index in [9.17, 15) is 4.79 Å². The van der Waals surface area contributed by atoms with Crippen LogP contribution in [0.3, 0.4) is 0 Å². The van der Waals surface area contributed by atoms with Crippen LogP contribution in [0.1, 0.15) is 0 Å². The summed E-state index contributed by atoms with van der Waals surface area (Å²) in [5.41, 5.74) is 0. The highest BCUT2D eigenvalue weighted by molar-refractivity contribution is 5.67. The fourth-order valence-corrected chi connectivity index (χ4v) is 0.897. The van der Waals surface area contributed by atoms with E-state index in [0.29, 0.717) is 13.2 Å². The Hall–Kier alpha value is -0.850. The fraction of sp³-hybridized carbons (Fsp3) is 0.889. The van der Waals surface area contributed by atoms with E-state index in [4.69, 9.17) is 9.84 Å². The first-order valence-electron chi connectivity index (χ1n) is 4.89. The van der Waals surface area contributed by atoms with Crippen molar-refractivity contribution < 1.29 is 19.4 Å². The van der Waals surface area contributed by atoms with Gasteiger partial charge < -0.3 is 24.8 Å². The normalized spacial score (nSPS) is 10.4. The van der Waals surface area contributed by atoms with Crippen molar-refractivity contribution in [2.45, 2.75) is 0 Å². The molecule has 0 rings (SSSR count). The van der Waals surface area contributed by atoms with E-state index in [1.807, 2.05) is 11.9 Å². The first-order chi connectivity index (χ1) is 7.20. The van der Waals surface area contributed by atoms with Crippen LogP contribution in [0.15, 0.2) is 0 Å². The van der Waals surface area contributed by atoms with E-state index in [0.717, 1.165) is 13.1 Å². The minimum absolute atomic E-state index is 0.0331. The van der Waals surface area contributed by atoms with Crippen molar-refractivity contribution >= 4 is 6.09 Å². The number of carbonyl (C=O) groups excluding carboxylic acids is 1. The molecule has 0 aromatic rings. The van der Waals surface area contributed by atoms with Gasteiger partial charge in [0.05, 0.1) is 13.2 Å². The molecular formula is C9H20N2O4. The molecular weight excluding hydrogens is 200 g/mol. The first kappa shape index (κ1) is 14.2. The number of carbonyl (C=O) groups is 1. The van der Waals surface area contributed by atoms with Crippen LogP contribution in [0.25, 0.3) is 0 Å². The largest absolute Gasteiger partial charge is 0.447 e. The Morgan fingerprint density at radius 2 is 2.13 bits per heavy atom. The SMILES string of the molecule is COCCN(C)CCNC(=O)OCCO. The molecule has 15 heavy (non-hydrogen) atoms. The van der Waals surface area contributed by atoms with Gasteiger partial charge in [-0.25, -0.2) is 4.79 Å². The Balaban J connectivity index is 3.31. The summed E-state index contributed by atoms with van der Waals surface area (Å²) < 4.78 is 9.52. The molecule has 0 aliphatic rings. The van der Waals surface area contributed by atoms with Gasteiger partial charge in [-0.2, -0.15) is 0 Å². The maximum atomic E-state index is 10.9. The second kappa shape index (κ2) is 9.70. The second-order valence-corrected chi connectivity index (χ2v) is 3.08. The lowest BCUT2D eigenvalue weighted by molar-refractivity contribution is 0.117. The Labute approximate surface area is 90.2 Å². The van der Waals surface area contributed by atoms with Crippen LogP contribution in [0.5, 0.6) is 0 Å². The van der Waals surface area contributed by atoms with Crippen molar-refractivity contribution in [1.82, 2.24) is 10.2 Å². The predicted molar refractivity (Wildman–Crippen MR) is 55.8 cm³/mol. The van der Waals surface area contributed by atoms with E-state index in [1.165, 1.54) is 0 Å². The third-order valence-electron chi connectivity index (χ3n) is 1.76. The van der Waals surface area contributed by atoms with Gasteiger partial charge in [-0.05, 0) is 7.05 Å². The summed E-state index contributed by atoms with van der Waals surface area (Å²) in [6, 6.07) is 0. The van der Waals surface area contributed by atoms with Gasteiger partial charge in [-0.1, -0.05) is 0 Å². The van der Waals surface area contributed by atoms with Crippen molar-refractivity contribution in [3.8, 4) is 0 Å². The molecule has 0 atom stereocenters. The van der Waals surface area contributed by atoms with Crippen LogP contribution in [-0.4, -0.2) is 69.7 Å². The number of rotatable bonds is 8. The quantitative estimate of drug-likeness (QED) is 0.565. The molecule has 0 fully saturated rings. The topological polar surface area (TPSA) is 71.0 Å². The number of aliphatic hydroxyl groups excluding tert-OH is 1. The van der Waals surface area contributed by atoms with Crippen LogP contribution >= 0.6 is 0 Å². The number of methoxy groups -OCH3 is 1. The van der Waals surface area contributed by atoms with E-state index < -0.39 is 6.09 Å². The zero-order valence-electron chi connectivity index (χ0n) is 9.36. The average molecular weight is 220 g/mol. The molecule has 0 saturated heterocycles. The fourth-order valence-electron chi connectivity index (χ4n) is 0.897. The van der Waals surface area contributed by atoms with Crippen molar-refractivity contribution in [3.05, 3.63) is 0 Å². The molecule has 0 aliphatic heterocycles. The van der Waals surface area contributed by atoms with Gasteiger partial charge >= 0.3 is 6.09 Å².